The number of rotatable bonds is 2. The zero-order chi connectivity index (χ0) is 9.26. The highest BCUT2D eigenvalue weighted by molar-refractivity contribution is 14.1. The molecule has 0 spiro atoms. The summed E-state index contributed by atoms with van der Waals surface area (Å²) in [7, 11) is 0. The van der Waals surface area contributed by atoms with Gasteiger partial charge in [-0.1, -0.05) is 0 Å². The van der Waals surface area contributed by atoms with E-state index in [-0.39, 0.29) is 0 Å². The molecule has 0 N–H and O–H groups in total. The Balaban J connectivity index is 2.56. The van der Waals surface area contributed by atoms with Crippen LogP contribution in [0.2, 0.25) is 0 Å². The summed E-state index contributed by atoms with van der Waals surface area (Å²) in [6.45, 7) is 2.68. The van der Waals surface area contributed by atoms with Crippen molar-refractivity contribution in [1.29, 1.82) is 0 Å². The van der Waals surface area contributed by atoms with E-state index < -0.39 is 0 Å². The Bertz CT molecular complexity index is 420. The van der Waals surface area contributed by atoms with Crippen LogP contribution < -0.4 is 4.74 Å². The van der Waals surface area contributed by atoms with Crippen molar-refractivity contribution < 1.29 is 9.15 Å². The van der Waals surface area contributed by atoms with Crippen LogP contribution in [0.4, 0.5) is 0 Å². The fourth-order valence-corrected chi connectivity index (χ4v) is 1.88. The van der Waals surface area contributed by atoms with Crippen LogP contribution in [0.3, 0.4) is 0 Å². The first-order chi connectivity index (χ1) is 6.31. The summed E-state index contributed by atoms with van der Waals surface area (Å²) in [4.78, 5) is 0. The normalized spacial score (nSPS) is 10.6. The number of ether oxygens (including phenoxy) is 1. The van der Waals surface area contributed by atoms with Gasteiger partial charge in [0.15, 0.2) is 0 Å². The fourth-order valence-electron chi connectivity index (χ4n) is 1.24. The van der Waals surface area contributed by atoms with Crippen LogP contribution in [-0.4, -0.2) is 6.61 Å². The number of hydrogen-bond acceptors (Lipinski definition) is 2. The van der Waals surface area contributed by atoms with Gasteiger partial charge in [-0.15, -0.1) is 0 Å². The largest absolute Gasteiger partial charge is 0.493 e. The van der Waals surface area contributed by atoms with Crippen LogP contribution >= 0.6 is 22.6 Å². The predicted octanol–water partition coefficient (Wildman–Crippen LogP) is 3.44. The Labute approximate surface area is 90.0 Å². The molecule has 0 atom stereocenters. The molecule has 2 rings (SSSR count). The summed E-state index contributed by atoms with van der Waals surface area (Å²) in [5, 5.41) is 2.21. The molecule has 0 aliphatic heterocycles. The Morgan fingerprint density at radius 1 is 1.31 bits per heavy atom. The van der Waals surface area contributed by atoms with E-state index in [2.05, 4.69) is 28.7 Å². The minimum Gasteiger partial charge on any atom is -0.493 e. The van der Waals surface area contributed by atoms with Gasteiger partial charge in [-0.2, -0.15) is 0 Å². The minimum absolute atomic E-state index is 0.694. The smallest absolute Gasteiger partial charge is 0.133 e. The van der Waals surface area contributed by atoms with Crippen LogP contribution in [0, 0.1) is 3.57 Å². The van der Waals surface area contributed by atoms with Crippen molar-refractivity contribution in [3.05, 3.63) is 28.2 Å². The Morgan fingerprint density at radius 3 is 2.69 bits per heavy atom. The Hall–Kier alpha value is -0.710. The van der Waals surface area contributed by atoms with E-state index in [1.807, 2.05) is 13.0 Å². The highest BCUT2D eigenvalue weighted by atomic mass is 127. The van der Waals surface area contributed by atoms with Gasteiger partial charge in [-0.25, -0.2) is 0 Å². The van der Waals surface area contributed by atoms with E-state index in [4.69, 9.17) is 9.15 Å². The summed E-state index contributed by atoms with van der Waals surface area (Å²) in [5.41, 5.74) is 0. The molecule has 2 nitrogen and oxygen atoms in total. The molecule has 13 heavy (non-hydrogen) atoms. The summed E-state index contributed by atoms with van der Waals surface area (Å²) in [6.07, 6.45) is 3.47. The van der Waals surface area contributed by atoms with E-state index in [1.54, 1.807) is 12.5 Å². The highest BCUT2D eigenvalue weighted by Gasteiger charge is 2.04. The standard InChI is InChI=1S/C10H9IO2/c1-2-13-10-4-8-6-12-5-7(8)3-9(10)11/h3-6H,2H2,1H3. The maximum atomic E-state index is 5.46. The van der Waals surface area contributed by atoms with Gasteiger partial charge in [0.2, 0.25) is 0 Å². The minimum atomic E-state index is 0.694. The van der Waals surface area contributed by atoms with E-state index >= 15 is 0 Å². The van der Waals surface area contributed by atoms with Crippen molar-refractivity contribution in [2.45, 2.75) is 6.92 Å². The van der Waals surface area contributed by atoms with Gasteiger partial charge >= 0.3 is 0 Å². The lowest BCUT2D eigenvalue weighted by Gasteiger charge is -2.04. The molecule has 0 bridgehead atoms. The first-order valence-electron chi connectivity index (χ1n) is 4.09. The SMILES string of the molecule is CCOc1cc2cocc2cc1I. The molecule has 1 aromatic heterocycles. The van der Waals surface area contributed by atoms with Gasteiger partial charge in [-0.3, -0.25) is 0 Å². The molecule has 2 aromatic rings. The number of fused-ring (bicyclic) bond motifs is 1. The van der Waals surface area contributed by atoms with Crippen LogP contribution in [0.1, 0.15) is 6.92 Å². The molecule has 1 heterocycles. The molecule has 0 saturated carbocycles. The molecule has 0 fully saturated rings. The predicted molar refractivity (Wildman–Crippen MR) is 60.1 cm³/mol. The van der Waals surface area contributed by atoms with Crippen LogP contribution in [0.5, 0.6) is 5.75 Å². The second kappa shape index (κ2) is 3.57. The van der Waals surface area contributed by atoms with Gasteiger partial charge in [0.05, 0.1) is 22.7 Å². The maximum absolute atomic E-state index is 5.46. The third-order valence-electron chi connectivity index (χ3n) is 1.83. The summed E-state index contributed by atoms with van der Waals surface area (Å²) >= 11 is 2.26. The number of benzene rings is 1. The number of hydrogen-bond donors (Lipinski definition) is 0. The molecule has 0 unspecified atom stereocenters. The van der Waals surface area contributed by atoms with Gasteiger partial charge in [0.1, 0.15) is 5.75 Å². The van der Waals surface area contributed by atoms with Crippen LogP contribution in [0.15, 0.2) is 29.1 Å². The third kappa shape index (κ3) is 1.65. The summed E-state index contributed by atoms with van der Waals surface area (Å²) in [6, 6.07) is 4.06. The van der Waals surface area contributed by atoms with Crippen molar-refractivity contribution in [3.63, 3.8) is 0 Å². The Kier molecular flexibility index (Phi) is 2.44. The molecule has 0 aliphatic rings. The van der Waals surface area contributed by atoms with Gasteiger partial charge in [0.25, 0.3) is 0 Å². The second-order valence-electron chi connectivity index (χ2n) is 2.72. The van der Waals surface area contributed by atoms with Gasteiger partial charge in [-0.05, 0) is 41.6 Å². The molecule has 0 amide bonds. The van der Waals surface area contributed by atoms with E-state index in [0.717, 1.165) is 20.1 Å². The highest BCUT2D eigenvalue weighted by Crippen LogP contribution is 2.27. The third-order valence-corrected chi connectivity index (χ3v) is 2.67. The lowest BCUT2D eigenvalue weighted by atomic mass is 10.2. The molecule has 0 radical (unpaired) electrons. The first kappa shape index (κ1) is 8.87. The average molecular weight is 288 g/mol. The number of halogens is 1. The van der Waals surface area contributed by atoms with Crippen molar-refractivity contribution in [1.82, 2.24) is 0 Å². The van der Waals surface area contributed by atoms with Crippen LogP contribution in [-0.2, 0) is 0 Å². The lowest BCUT2D eigenvalue weighted by Crippen LogP contribution is -1.93. The quantitative estimate of drug-likeness (QED) is 0.790. The fraction of sp³-hybridized carbons (Fsp3) is 0.200. The second-order valence-corrected chi connectivity index (χ2v) is 3.88. The zero-order valence-electron chi connectivity index (χ0n) is 7.21. The molecule has 68 valence electrons. The van der Waals surface area contributed by atoms with Crippen molar-refractivity contribution in [3.8, 4) is 5.75 Å². The van der Waals surface area contributed by atoms with Crippen molar-refractivity contribution in [2.24, 2.45) is 0 Å². The summed E-state index contributed by atoms with van der Waals surface area (Å²) in [5.74, 6) is 0.928. The van der Waals surface area contributed by atoms with E-state index in [1.165, 1.54) is 0 Å². The maximum Gasteiger partial charge on any atom is 0.133 e. The number of furan rings is 1. The molecule has 0 saturated heterocycles. The zero-order valence-corrected chi connectivity index (χ0v) is 9.37. The summed E-state index contributed by atoms with van der Waals surface area (Å²) < 4.78 is 11.7. The Morgan fingerprint density at radius 2 is 2.00 bits per heavy atom. The van der Waals surface area contributed by atoms with Gasteiger partial charge < -0.3 is 9.15 Å². The van der Waals surface area contributed by atoms with Gasteiger partial charge in [0, 0.05) is 10.8 Å². The molecule has 0 aliphatic carbocycles. The van der Waals surface area contributed by atoms with E-state index in [9.17, 15) is 0 Å². The van der Waals surface area contributed by atoms with Crippen molar-refractivity contribution in [2.75, 3.05) is 6.61 Å². The monoisotopic (exact) mass is 288 g/mol. The lowest BCUT2D eigenvalue weighted by molar-refractivity contribution is 0.338. The molecular formula is C10H9IO2. The van der Waals surface area contributed by atoms with Crippen LogP contribution in [0.25, 0.3) is 10.8 Å². The topological polar surface area (TPSA) is 22.4 Å². The average Bonchev–Trinajstić information content (AvgIpc) is 2.52. The first-order valence-corrected chi connectivity index (χ1v) is 5.17. The van der Waals surface area contributed by atoms with E-state index in [0.29, 0.717) is 6.61 Å². The molecule has 1 aromatic carbocycles. The van der Waals surface area contributed by atoms with Crippen molar-refractivity contribution >= 4 is 33.4 Å². The molecule has 3 heteroatoms. The molecular weight excluding hydrogens is 279 g/mol.